The topological polar surface area (TPSA) is 79.6 Å². The Hall–Kier alpha value is -2.56. The van der Waals surface area contributed by atoms with Crippen LogP contribution < -0.4 is 15.3 Å². The van der Waals surface area contributed by atoms with Crippen molar-refractivity contribution in [3.8, 4) is 5.75 Å². The Morgan fingerprint density at radius 1 is 1.43 bits per heavy atom. The lowest BCUT2D eigenvalue weighted by molar-refractivity contribution is -0.257. The molecule has 0 aliphatic carbocycles. The summed E-state index contributed by atoms with van der Waals surface area (Å²) in [6, 6.07) is 4.37. The predicted octanol–water partition coefficient (Wildman–Crippen LogP) is 2.31. The Morgan fingerprint density at radius 3 is 2.78 bits per heavy atom. The molecule has 1 aromatic carbocycles. The van der Waals surface area contributed by atoms with E-state index in [-0.39, 0.29) is 11.0 Å². The van der Waals surface area contributed by atoms with Gasteiger partial charge in [0.15, 0.2) is 11.2 Å². The quantitative estimate of drug-likeness (QED) is 0.733. The molecule has 0 fully saturated rings. The van der Waals surface area contributed by atoms with E-state index in [9.17, 15) is 14.7 Å². The van der Waals surface area contributed by atoms with Gasteiger partial charge in [-0.1, -0.05) is 26.0 Å². The van der Waals surface area contributed by atoms with Crippen LogP contribution in [0.3, 0.4) is 0 Å². The summed E-state index contributed by atoms with van der Waals surface area (Å²) in [4.78, 5) is 23.3. The van der Waals surface area contributed by atoms with Crippen molar-refractivity contribution < 1.29 is 19.1 Å². The first kappa shape index (κ1) is 16.8. The van der Waals surface area contributed by atoms with Gasteiger partial charge in [-0.05, 0) is 30.4 Å². The molecule has 0 aliphatic rings. The maximum absolute atomic E-state index is 12.3. The van der Waals surface area contributed by atoms with Gasteiger partial charge in [0.1, 0.15) is 22.7 Å². The fourth-order valence-corrected chi connectivity index (χ4v) is 2.23. The van der Waals surface area contributed by atoms with Crippen LogP contribution in [0.5, 0.6) is 5.75 Å². The smallest absolute Gasteiger partial charge is 0.197 e. The molecule has 0 radical (unpaired) electrons. The first-order chi connectivity index (χ1) is 10.9. The van der Waals surface area contributed by atoms with E-state index >= 15 is 0 Å². The number of carbonyl (C=O) groups is 1. The van der Waals surface area contributed by atoms with Gasteiger partial charge >= 0.3 is 0 Å². The maximum atomic E-state index is 12.3. The van der Waals surface area contributed by atoms with Gasteiger partial charge in [-0.25, -0.2) is 0 Å². The van der Waals surface area contributed by atoms with Crippen LogP contribution in [0.25, 0.3) is 11.0 Å². The van der Waals surface area contributed by atoms with Crippen LogP contribution in [0.15, 0.2) is 40.1 Å². The highest BCUT2D eigenvalue weighted by Crippen LogP contribution is 2.27. The minimum absolute atomic E-state index is 0.207. The normalized spacial score (nSPS) is 10.9. The second kappa shape index (κ2) is 7.13. The average molecular weight is 315 g/mol. The van der Waals surface area contributed by atoms with Gasteiger partial charge in [-0.15, -0.1) is 6.58 Å². The van der Waals surface area contributed by atoms with Crippen LogP contribution in [0.1, 0.15) is 36.4 Å². The molecule has 0 spiro atoms. The van der Waals surface area contributed by atoms with Gasteiger partial charge in [0, 0.05) is 6.07 Å². The van der Waals surface area contributed by atoms with Crippen LogP contribution in [0.2, 0.25) is 0 Å². The van der Waals surface area contributed by atoms with Crippen LogP contribution in [-0.4, -0.2) is 12.6 Å². The van der Waals surface area contributed by atoms with Crippen molar-refractivity contribution in [2.45, 2.75) is 26.7 Å². The average Bonchev–Trinajstić information content (AvgIpc) is 2.48. The van der Waals surface area contributed by atoms with E-state index in [1.54, 1.807) is 18.2 Å². The highest BCUT2D eigenvalue weighted by atomic mass is 16.5. The van der Waals surface area contributed by atoms with E-state index in [0.29, 0.717) is 30.3 Å². The molecule has 0 amide bonds. The van der Waals surface area contributed by atoms with Crippen molar-refractivity contribution in [2.75, 3.05) is 6.61 Å². The van der Waals surface area contributed by atoms with Gasteiger partial charge in [-0.3, -0.25) is 4.79 Å². The second-order valence-corrected chi connectivity index (χ2v) is 5.71. The number of aromatic carboxylic acids is 1. The van der Waals surface area contributed by atoms with Crippen molar-refractivity contribution in [1.82, 2.24) is 0 Å². The van der Waals surface area contributed by atoms with E-state index < -0.39 is 17.2 Å². The molecule has 0 bridgehead atoms. The lowest BCUT2D eigenvalue weighted by Gasteiger charge is -2.13. The van der Waals surface area contributed by atoms with Crippen molar-refractivity contribution >= 4 is 16.9 Å². The summed E-state index contributed by atoms with van der Waals surface area (Å²) in [7, 11) is 0. The summed E-state index contributed by atoms with van der Waals surface area (Å²) in [6.07, 6.45) is 2.94. The van der Waals surface area contributed by atoms with E-state index in [1.165, 1.54) is 0 Å². The number of carbonyl (C=O) groups excluding carboxylic acids is 1. The summed E-state index contributed by atoms with van der Waals surface area (Å²) in [5.41, 5.74) is 0.418. The molecular weight excluding hydrogens is 296 g/mol. The zero-order valence-electron chi connectivity index (χ0n) is 13.3. The van der Waals surface area contributed by atoms with Gasteiger partial charge in [0.2, 0.25) is 0 Å². The van der Waals surface area contributed by atoms with E-state index in [4.69, 9.17) is 9.15 Å². The van der Waals surface area contributed by atoms with Gasteiger partial charge in [-0.2, -0.15) is 0 Å². The standard InChI is InChI=1S/C18H20O5/c1-4-5-12-6-7-14(22-9-8-11(2)3)16-13(19)10-15(18(20)21)23-17(12)16/h4,6-7,10-11H,1,5,8-9H2,2-3H3,(H,20,21)/p-1. The van der Waals surface area contributed by atoms with Gasteiger partial charge in [0.25, 0.3) is 0 Å². The number of hydrogen-bond donors (Lipinski definition) is 0. The molecule has 0 aliphatic heterocycles. The molecule has 0 N–H and O–H groups in total. The Morgan fingerprint density at radius 2 is 2.17 bits per heavy atom. The fourth-order valence-electron chi connectivity index (χ4n) is 2.23. The zero-order chi connectivity index (χ0) is 17.0. The minimum Gasteiger partial charge on any atom is -0.542 e. The molecule has 1 aromatic heterocycles. The van der Waals surface area contributed by atoms with Crippen LogP contribution in [0.4, 0.5) is 0 Å². The number of hydrogen-bond acceptors (Lipinski definition) is 5. The van der Waals surface area contributed by atoms with Crippen molar-refractivity contribution in [3.63, 3.8) is 0 Å². The molecule has 5 nitrogen and oxygen atoms in total. The lowest BCUT2D eigenvalue weighted by atomic mass is 10.1. The maximum Gasteiger partial charge on any atom is 0.197 e. The summed E-state index contributed by atoms with van der Waals surface area (Å²) in [5.74, 6) is -1.15. The van der Waals surface area contributed by atoms with Gasteiger partial charge < -0.3 is 19.1 Å². The summed E-state index contributed by atoms with van der Waals surface area (Å²) in [6.45, 7) is 8.28. The number of allylic oxidation sites excluding steroid dienone is 1. The molecule has 5 heteroatoms. The highest BCUT2D eigenvalue weighted by Gasteiger charge is 2.14. The molecular formula is C18H19O5-. The highest BCUT2D eigenvalue weighted by molar-refractivity contribution is 5.90. The SMILES string of the molecule is C=CCc1ccc(OCCC(C)C)c2c(=O)cc(C(=O)[O-])oc12. The van der Waals surface area contributed by atoms with Crippen LogP contribution in [0, 0.1) is 5.92 Å². The fraction of sp³-hybridized carbons (Fsp3) is 0.333. The summed E-state index contributed by atoms with van der Waals surface area (Å²) >= 11 is 0. The predicted molar refractivity (Wildman–Crippen MR) is 85.7 cm³/mol. The molecule has 0 unspecified atom stereocenters. The minimum atomic E-state index is -1.53. The van der Waals surface area contributed by atoms with E-state index in [2.05, 4.69) is 20.4 Å². The number of benzene rings is 1. The molecule has 0 saturated heterocycles. The monoisotopic (exact) mass is 315 g/mol. The number of rotatable bonds is 7. The summed E-state index contributed by atoms with van der Waals surface area (Å²) in [5, 5.41) is 11.3. The van der Waals surface area contributed by atoms with Crippen LogP contribution in [-0.2, 0) is 6.42 Å². The Labute approximate surface area is 134 Å². The molecule has 0 saturated carbocycles. The first-order valence-electron chi connectivity index (χ1n) is 7.48. The molecule has 2 aromatic rings. The van der Waals surface area contributed by atoms with Crippen molar-refractivity contribution in [1.29, 1.82) is 0 Å². The molecule has 23 heavy (non-hydrogen) atoms. The van der Waals surface area contributed by atoms with Crippen molar-refractivity contribution in [2.24, 2.45) is 5.92 Å². The lowest BCUT2D eigenvalue weighted by Crippen LogP contribution is -2.24. The Bertz CT molecular complexity index is 786. The zero-order valence-corrected chi connectivity index (χ0v) is 13.3. The molecule has 122 valence electrons. The number of ether oxygens (including phenoxy) is 1. The third kappa shape index (κ3) is 3.80. The van der Waals surface area contributed by atoms with E-state index in [1.807, 2.05) is 0 Å². The number of fused-ring (bicyclic) bond motifs is 1. The molecule has 1 heterocycles. The van der Waals surface area contributed by atoms with E-state index in [0.717, 1.165) is 12.5 Å². The number of carboxylic acid groups (broad SMARTS) is 1. The van der Waals surface area contributed by atoms with Crippen LogP contribution >= 0.6 is 0 Å². The third-order valence-electron chi connectivity index (χ3n) is 3.44. The molecule has 0 atom stereocenters. The molecule has 2 rings (SSSR count). The summed E-state index contributed by atoms with van der Waals surface area (Å²) < 4.78 is 11.1. The largest absolute Gasteiger partial charge is 0.542 e. The Kier molecular flexibility index (Phi) is 5.21. The first-order valence-corrected chi connectivity index (χ1v) is 7.48. The second-order valence-electron chi connectivity index (χ2n) is 5.71. The van der Waals surface area contributed by atoms with Crippen molar-refractivity contribution in [3.05, 3.63) is 52.4 Å². The number of carboxylic acids is 1. The van der Waals surface area contributed by atoms with Gasteiger partial charge in [0.05, 0.1) is 6.61 Å². The Balaban J connectivity index is 2.58. The third-order valence-corrected chi connectivity index (χ3v) is 3.44.